The van der Waals surface area contributed by atoms with Crippen LogP contribution in [0.25, 0.3) is 0 Å². The van der Waals surface area contributed by atoms with E-state index in [1.165, 1.54) is 12.1 Å². The smallest absolute Gasteiger partial charge is 0.253 e. The summed E-state index contributed by atoms with van der Waals surface area (Å²) in [6, 6.07) is 4.01. The molecule has 0 saturated heterocycles. The zero-order valence-corrected chi connectivity index (χ0v) is 9.38. The molecule has 1 aliphatic carbocycles. The molecular weight excluding hydrogens is 207 g/mol. The van der Waals surface area contributed by atoms with Gasteiger partial charge >= 0.3 is 0 Å². The molecule has 0 radical (unpaired) electrons. The van der Waals surface area contributed by atoms with Crippen LogP contribution in [-0.4, -0.2) is 11.9 Å². The third kappa shape index (κ3) is 2.01. The molecule has 1 aromatic carbocycles. The van der Waals surface area contributed by atoms with E-state index in [9.17, 15) is 9.18 Å². The van der Waals surface area contributed by atoms with Crippen LogP contribution in [0.15, 0.2) is 18.2 Å². The minimum Gasteiger partial charge on any atom is -0.398 e. The predicted octanol–water partition coefficient (Wildman–Crippen LogP) is 1.94. The van der Waals surface area contributed by atoms with Crippen molar-refractivity contribution in [2.24, 2.45) is 5.41 Å². The lowest BCUT2D eigenvalue weighted by Gasteiger charge is -2.08. The molecule has 0 spiro atoms. The number of carbonyl (C=O) groups excluding carboxylic acids is 1. The van der Waals surface area contributed by atoms with Gasteiger partial charge in [0, 0.05) is 11.7 Å². The van der Waals surface area contributed by atoms with Gasteiger partial charge in [-0.3, -0.25) is 4.79 Å². The highest BCUT2D eigenvalue weighted by molar-refractivity contribution is 5.99. The molecule has 4 heteroatoms. The molecule has 1 fully saturated rings. The van der Waals surface area contributed by atoms with Gasteiger partial charge in [0.2, 0.25) is 0 Å². The van der Waals surface area contributed by atoms with Gasteiger partial charge in [-0.1, -0.05) is 13.8 Å². The Bertz CT molecular complexity index is 443. The summed E-state index contributed by atoms with van der Waals surface area (Å²) in [6.45, 7) is 4.18. The number of carbonyl (C=O) groups is 1. The van der Waals surface area contributed by atoms with Crippen LogP contribution in [0, 0.1) is 11.2 Å². The molecule has 1 amide bonds. The molecule has 1 atom stereocenters. The first kappa shape index (κ1) is 10.9. The van der Waals surface area contributed by atoms with Crippen LogP contribution in [0.1, 0.15) is 30.6 Å². The minimum atomic E-state index is -0.430. The van der Waals surface area contributed by atoms with Crippen LogP contribution < -0.4 is 11.1 Å². The number of anilines is 1. The fraction of sp³-hybridized carbons (Fsp3) is 0.417. The van der Waals surface area contributed by atoms with Crippen LogP contribution in [0.2, 0.25) is 0 Å². The number of benzene rings is 1. The molecule has 1 unspecified atom stereocenters. The van der Waals surface area contributed by atoms with Crippen molar-refractivity contribution in [3.05, 3.63) is 29.6 Å². The third-order valence-electron chi connectivity index (χ3n) is 3.08. The molecular formula is C12H15FN2O. The molecule has 0 heterocycles. The van der Waals surface area contributed by atoms with Crippen LogP contribution in [0.3, 0.4) is 0 Å². The van der Waals surface area contributed by atoms with Gasteiger partial charge in [-0.15, -0.1) is 0 Å². The van der Waals surface area contributed by atoms with E-state index >= 15 is 0 Å². The molecule has 3 N–H and O–H groups in total. The van der Waals surface area contributed by atoms with Gasteiger partial charge in [0.25, 0.3) is 5.91 Å². The summed E-state index contributed by atoms with van der Waals surface area (Å²) in [5.41, 5.74) is 6.27. The molecule has 0 aliphatic heterocycles. The van der Waals surface area contributed by atoms with Crippen molar-refractivity contribution in [2.75, 3.05) is 5.73 Å². The number of nitrogen functional groups attached to an aromatic ring is 1. The van der Waals surface area contributed by atoms with Gasteiger partial charge in [0.05, 0.1) is 5.56 Å². The van der Waals surface area contributed by atoms with Crippen molar-refractivity contribution in [3.8, 4) is 0 Å². The Morgan fingerprint density at radius 3 is 2.69 bits per heavy atom. The standard InChI is InChI=1S/C12H15FN2O/c1-12(2)6-10(12)15-11(16)8-4-3-7(13)5-9(8)14/h3-5,10H,6,14H2,1-2H3,(H,15,16). The maximum absolute atomic E-state index is 12.8. The molecule has 0 bridgehead atoms. The van der Waals surface area contributed by atoms with Crippen molar-refractivity contribution in [1.29, 1.82) is 0 Å². The van der Waals surface area contributed by atoms with E-state index in [0.29, 0.717) is 5.56 Å². The Hall–Kier alpha value is -1.58. The fourth-order valence-corrected chi connectivity index (χ4v) is 1.69. The largest absolute Gasteiger partial charge is 0.398 e. The second-order valence-electron chi connectivity index (χ2n) is 4.95. The Morgan fingerprint density at radius 1 is 1.56 bits per heavy atom. The van der Waals surface area contributed by atoms with Crippen molar-refractivity contribution in [1.82, 2.24) is 5.32 Å². The van der Waals surface area contributed by atoms with Crippen LogP contribution in [0.5, 0.6) is 0 Å². The molecule has 3 nitrogen and oxygen atoms in total. The topological polar surface area (TPSA) is 55.1 Å². The fourth-order valence-electron chi connectivity index (χ4n) is 1.69. The van der Waals surface area contributed by atoms with E-state index in [2.05, 4.69) is 19.2 Å². The molecule has 16 heavy (non-hydrogen) atoms. The monoisotopic (exact) mass is 222 g/mol. The summed E-state index contributed by atoms with van der Waals surface area (Å²) in [6.07, 6.45) is 0.972. The highest BCUT2D eigenvalue weighted by Gasteiger charge is 2.46. The zero-order chi connectivity index (χ0) is 11.9. The minimum absolute atomic E-state index is 0.171. The van der Waals surface area contributed by atoms with Crippen LogP contribution in [0.4, 0.5) is 10.1 Å². The SMILES string of the molecule is CC1(C)CC1NC(=O)c1ccc(F)cc1N. The first-order valence-electron chi connectivity index (χ1n) is 5.26. The number of hydrogen-bond donors (Lipinski definition) is 2. The lowest BCUT2D eigenvalue weighted by Crippen LogP contribution is -2.29. The van der Waals surface area contributed by atoms with Gasteiger partial charge in [0.15, 0.2) is 0 Å². The summed E-state index contributed by atoms with van der Waals surface area (Å²) in [5, 5.41) is 2.88. The molecule has 0 aromatic heterocycles. The summed E-state index contributed by atoms with van der Waals surface area (Å²) in [4.78, 5) is 11.8. The maximum atomic E-state index is 12.8. The van der Waals surface area contributed by atoms with Gasteiger partial charge in [0.1, 0.15) is 5.82 Å². The van der Waals surface area contributed by atoms with E-state index in [0.717, 1.165) is 12.5 Å². The van der Waals surface area contributed by atoms with Crippen molar-refractivity contribution in [3.63, 3.8) is 0 Å². The summed E-state index contributed by atoms with van der Waals surface area (Å²) >= 11 is 0. The third-order valence-corrected chi connectivity index (χ3v) is 3.08. The van der Waals surface area contributed by atoms with E-state index in [-0.39, 0.29) is 23.1 Å². The Labute approximate surface area is 93.8 Å². The highest BCUT2D eigenvalue weighted by atomic mass is 19.1. The summed E-state index contributed by atoms with van der Waals surface area (Å²) in [7, 11) is 0. The number of amides is 1. The van der Waals surface area contributed by atoms with Gasteiger partial charge in [-0.2, -0.15) is 0 Å². The molecule has 86 valence electrons. The van der Waals surface area contributed by atoms with Gasteiger partial charge in [-0.05, 0) is 30.0 Å². The second kappa shape index (κ2) is 3.47. The molecule has 1 aliphatic rings. The summed E-state index contributed by atoms with van der Waals surface area (Å²) < 4.78 is 12.8. The maximum Gasteiger partial charge on any atom is 0.253 e. The van der Waals surface area contributed by atoms with Crippen molar-refractivity contribution >= 4 is 11.6 Å². The molecule has 1 saturated carbocycles. The average molecular weight is 222 g/mol. The van der Waals surface area contributed by atoms with Crippen LogP contribution in [-0.2, 0) is 0 Å². The predicted molar refractivity (Wildman–Crippen MR) is 60.5 cm³/mol. The summed E-state index contributed by atoms with van der Waals surface area (Å²) in [5.74, 6) is -0.658. The van der Waals surface area contributed by atoms with E-state index in [1.54, 1.807) is 0 Å². The highest BCUT2D eigenvalue weighted by Crippen LogP contribution is 2.44. The van der Waals surface area contributed by atoms with E-state index < -0.39 is 5.82 Å². The normalized spacial score (nSPS) is 21.6. The van der Waals surface area contributed by atoms with Crippen molar-refractivity contribution < 1.29 is 9.18 Å². The number of hydrogen-bond acceptors (Lipinski definition) is 2. The number of nitrogens with two attached hydrogens (primary N) is 1. The quantitative estimate of drug-likeness (QED) is 0.751. The van der Waals surface area contributed by atoms with Gasteiger partial charge < -0.3 is 11.1 Å². The molecule has 2 rings (SSSR count). The van der Waals surface area contributed by atoms with Crippen LogP contribution >= 0.6 is 0 Å². The first-order chi connectivity index (χ1) is 7.40. The van der Waals surface area contributed by atoms with Crippen molar-refractivity contribution in [2.45, 2.75) is 26.3 Å². The lowest BCUT2D eigenvalue weighted by molar-refractivity contribution is 0.0947. The van der Waals surface area contributed by atoms with E-state index in [1.807, 2.05) is 0 Å². The Balaban J connectivity index is 2.10. The number of nitrogens with one attached hydrogen (secondary N) is 1. The number of halogens is 1. The molecule has 1 aromatic rings. The first-order valence-corrected chi connectivity index (χ1v) is 5.26. The zero-order valence-electron chi connectivity index (χ0n) is 9.38. The Kier molecular flexibility index (Phi) is 2.37. The Morgan fingerprint density at radius 2 is 2.19 bits per heavy atom. The van der Waals surface area contributed by atoms with E-state index in [4.69, 9.17) is 5.73 Å². The lowest BCUT2D eigenvalue weighted by atomic mass is 10.1. The van der Waals surface area contributed by atoms with Gasteiger partial charge in [-0.25, -0.2) is 4.39 Å². The average Bonchev–Trinajstić information content (AvgIpc) is 2.72. The number of rotatable bonds is 2. The second-order valence-corrected chi connectivity index (χ2v) is 4.95.